The molecule has 10 nitrogen and oxygen atoms in total. The van der Waals surface area contributed by atoms with Gasteiger partial charge in [-0.05, 0) is 36.0 Å². The molecule has 3 aromatic carbocycles. The highest BCUT2D eigenvalue weighted by molar-refractivity contribution is 5.86. The lowest BCUT2D eigenvalue weighted by Gasteiger charge is -2.24. The molecule has 4 atom stereocenters. The molecular weight excluding hydrogens is 598 g/mol. The van der Waals surface area contributed by atoms with Crippen LogP contribution < -0.4 is 16.0 Å². The van der Waals surface area contributed by atoms with Crippen LogP contribution in [0.25, 0.3) is 0 Å². The molecule has 0 fully saturated rings. The van der Waals surface area contributed by atoms with Gasteiger partial charge in [0.25, 0.3) is 0 Å². The summed E-state index contributed by atoms with van der Waals surface area (Å²) in [7, 11) is 0. The second-order valence-electron chi connectivity index (χ2n) is 10.9. The van der Waals surface area contributed by atoms with Crippen LogP contribution in [-0.2, 0) is 36.9 Å². The summed E-state index contributed by atoms with van der Waals surface area (Å²) in [6.07, 6.45) is 1.98. The van der Waals surface area contributed by atoms with Crippen molar-refractivity contribution in [3.63, 3.8) is 0 Å². The number of benzene rings is 3. The van der Waals surface area contributed by atoms with Crippen molar-refractivity contribution in [2.75, 3.05) is 13.2 Å². The Morgan fingerprint density at radius 3 is 1.98 bits per heavy atom. The minimum Gasteiger partial charge on any atom is -0.454 e. The Kier molecular flexibility index (Phi) is 15.4. The molecule has 4 N–H and O–H groups in total. The van der Waals surface area contributed by atoms with Gasteiger partial charge in [-0.25, -0.2) is 9.59 Å². The predicted molar refractivity (Wildman–Crippen MR) is 179 cm³/mol. The van der Waals surface area contributed by atoms with E-state index in [0.29, 0.717) is 12.0 Å². The highest BCUT2D eigenvalue weighted by Crippen LogP contribution is 2.19. The van der Waals surface area contributed by atoms with E-state index >= 15 is 0 Å². The van der Waals surface area contributed by atoms with Gasteiger partial charge in [-0.15, -0.1) is 13.2 Å². The normalized spacial score (nSPS) is 13.1. The predicted octanol–water partition coefficient (Wildman–Crippen LogP) is 4.56. The Morgan fingerprint density at radius 2 is 1.38 bits per heavy atom. The van der Waals surface area contributed by atoms with Crippen LogP contribution in [0.15, 0.2) is 116 Å². The summed E-state index contributed by atoms with van der Waals surface area (Å²) < 4.78 is 11.1. The Labute approximate surface area is 275 Å². The molecule has 10 heteroatoms. The molecule has 0 spiro atoms. The molecule has 0 unspecified atom stereocenters. The number of ether oxygens (including phenoxy) is 2. The molecule has 0 radical (unpaired) electrons. The number of carbonyl (C=O) groups is 4. The van der Waals surface area contributed by atoms with Crippen LogP contribution in [-0.4, -0.2) is 54.2 Å². The van der Waals surface area contributed by atoms with Gasteiger partial charge in [-0.1, -0.05) is 103 Å². The van der Waals surface area contributed by atoms with Crippen LogP contribution in [0, 0.1) is 5.92 Å². The van der Waals surface area contributed by atoms with E-state index in [-0.39, 0.29) is 44.9 Å². The monoisotopic (exact) mass is 641 g/mol. The van der Waals surface area contributed by atoms with Crippen LogP contribution in [0.3, 0.4) is 0 Å². The topological polar surface area (TPSA) is 143 Å². The van der Waals surface area contributed by atoms with Gasteiger partial charge in [-0.3, -0.25) is 9.59 Å². The fraction of sp³-hybridized carbons (Fsp3) is 0.297. The molecule has 248 valence electrons. The van der Waals surface area contributed by atoms with Crippen molar-refractivity contribution in [2.45, 2.75) is 50.5 Å². The molecule has 3 aromatic rings. The zero-order chi connectivity index (χ0) is 33.9. The van der Waals surface area contributed by atoms with E-state index in [1.165, 1.54) is 6.08 Å². The van der Waals surface area contributed by atoms with Crippen LogP contribution in [0.1, 0.15) is 42.1 Å². The van der Waals surface area contributed by atoms with Gasteiger partial charge in [0, 0.05) is 6.42 Å². The third-order valence-corrected chi connectivity index (χ3v) is 7.25. The van der Waals surface area contributed by atoms with Crippen molar-refractivity contribution < 1.29 is 33.8 Å². The zero-order valence-electron chi connectivity index (χ0n) is 26.4. The largest absolute Gasteiger partial charge is 0.454 e. The third kappa shape index (κ3) is 13.0. The molecule has 47 heavy (non-hydrogen) atoms. The first kappa shape index (κ1) is 36.3. The van der Waals surface area contributed by atoms with E-state index in [1.807, 2.05) is 66.7 Å². The SMILES string of the molecule is C=CC[C@@H](CC(=O)N[C@H](CO)Cc1ccccc1)C(=O)NC[C@@H](OC(=O)[C@@H](CC=C)NC(=O)OCc1ccccc1)c1ccccc1. The highest BCUT2D eigenvalue weighted by Gasteiger charge is 2.28. The summed E-state index contributed by atoms with van der Waals surface area (Å²) in [5.41, 5.74) is 2.37. The zero-order valence-corrected chi connectivity index (χ0v) is 26.4. The van der Waals surface area contributed by atoms with Crippen molar-refractivity contribution in [1.82, 2.24) is 16.0 Å². The highest BCUT2D eigenvalue weighted by atomic mass is 16.6. The fourth-order valence-corrected chi connectivity index (χ4v) is 4.80. The molecule has 0 aliphatic rings. The molecule has 0 saturated heterocycles. The second kappa shape index (κ2) is 20.0. The number of hydrogen-bond donors (Lipinski definition) is 4. The first-order valence-corrected chi connectivity index (χ1v) is 15.5. The minimum absolute atomic E-state index is 0.0266. The second-order valence-corrected chi connectivity index (χ2v) is 10.9. The average Bonchev–Trinajstić information content (AvgIpc) is 3.09. The first-order valence-electron chi connectivity index (χ1n) is 15.5. The maximum absolute atomic E-state index is 13.3. The molecule has 0 saturated carbocycles. The molecule has 0 bridgehead atoms. The van der Waals surface area contributed by atoms with E-state index in [9.17, 15) is 24.3 Å². The van der Waals surface area contributed by atoms with Gasteiger partial charge in [0.05, 0.1) is 25.1 Å². The summed E-state index contributed by atoms with van der Waals surface area (Å²) in [4.78, 5) is 51.9. The summed E-state index contributed by atoms with van der Waals surface area (Å²) >= 11 is 0. The Balaban J connectivity index is 1.61. The van der Waals surface area contributed by atoms with Gasteiger partial charge in [0.1, 0.15) is 18.8 Å². The van der Waals surface area contributed by atoms with Crippen molar-refractivity contribution >= 4 is 23.9 Å². The lowest BCUT2D eigenvalue weighted by molar-refractivity contribution is -0.152. The summed E-state index contributed by atoms with van der Waals surface area (Å²) in [5.74, 6) is -2.29. The molecule has 3 amide bonds. The molecular formula is C37H43N3O7. The number of carbonyl (C=O) groups excluding carboxylic acids is 4. The number of hydrogen-bond acceptors (Lipinski definition) is 7. The van der Waals surface area contributed by atoms with E-state index in [4.69, 9.17) is 9.47 Å². The number of nitrogens with one attached hydrogen (secondary N) is 3. The van der Waals surface area contributed by atoms with E-state index in [2.05, 4.69) is 29.1 Å². The standard InChI is InChI=1S/C37H43N3O7/c1-3-14-30(23-34(42)39-31(25-41)22-27-16-8-5-9-17-27)35(43)38-24-33(29-20-12-7-13-21-29)47-36(44)32(15-4-2)40-37(45)46-26-28-18-10-6-11-19-28/h3-13,16-21,30-33,41H,1-2,14-15,22-26H2,(H,38,43)(H,39,42)(H,40,45)/t30-,31-,32+,33+/m0/s1. The molecule has 3 rings (SSSR count). The van der Waals surface area contributed by atoms with E-state index < -0.39 is 42.1 Å². The molecule has 0 aliphatic heterocycles. The van der Waals surface area contributed by atoms with Crippen LogP contribution in [0.4, 0.5) is 4.79 Å². The number of esters is 1. The fourth-order valence-electron chi connectivity index (χ4n) is 4.80. The number of allylic oxidation sites excluding steroid dienone is 1. The number of aliphatic hydroxyl groups is 1. The molecule has 0 aliphatic carbocycles. The van der Waals surface area contributed by atoms with Crippen LogP contribution >= 0.6 is 0 Å². The maximum Gasteiger partial charge on any atom is 0.408 e. The third-order valence-electron chi connectivity index (χ3n) is 7.25. The van der Waals surface area contributed by atoms with Gasteiger partial charge in [0.2, 0.25) is 11.8 Å². The van der Waals surface area contributed by atoms with E-state index in [1.54, 1.807) is 30.3 Å². The van der Waals surface area contributed by atoms with Crippen molar-refractivity contribution in [3.05, 3.63) is 133 Å². The van der Waals surface area contributed by atoms with Gasteiger partial charge in [0.15, 0.2) is 0 Å². The van der Waals surface area contributed by atoms with Crippen molar-refractivity contribution in [1.29, 1.82) is 0 Å². The summed E-state index contributed by atoms with van der Waals surface area (Å²) in [5, 5.41) is 18.0. The maximum atomic E-state index is 13.3. The Hall–Kier alpha value is -5.22. The van der Waals surface area contributed by atoms with Crippen LogP contribution in [0.2, 0.25) is 0 Å². The summed E-state index contributed by atoms with van der Waals surface area (Å²) in [6.45, 7) is 7.08. The number of alkyl carbamates (subject to hydrolysis) is 1. The Morgan fingerprint density at radius 1 is 0.787 bits per heavy atom. The number of rotatable bonds is 19. The number of amides is 3. The first-order chi connectivity index (χ1) is 22.8. The van der Waals surface area contributed by atoms with Gasteiger partial charge in [-0.2, -0.15) is 0 Å². The van der Waals surface area contributed by atoms with E-state index in [0.717, 1.165) is 11.1 Å². The van der Waals surface area contributed by atoms with Gasteiger partial charge >= 0.3 is 12.1 Å². The smallest absolute Gasteiger partial charge is 0.408 e. The molecule has 0 heterocycles. The number of aliphatic hydroxyl groups excluding tert-OH is 1. The minimum atomic E-state index is -1.08. The lowest BCUT2D eigenvalue weighted by Crippen LogP contribution is -2.44. The van der Waals surface area contributed by atoms with Crippen molar-refractivity contribution in [3.8, 4) is 0 Å². The van der Waals surface area contributed by atoms with Crippen LogP contribution in [0.5, 0.6) is 0 Å². The summed E-state index contributed by atoms with van der Waals surface area (Å²) in [6, 6.07) is 25.9. The molecule has 0 aromatic heterocycles. The quantitative estimate of drug-likeness (QED) is 0.111. The average molecular weight is 642 g/mol. The van der Waals surface area contributed by atoms with Crippen molar-refractivity contribution in [2.24, 2.45) is 5.92 Å². The lowest BCUT2D eigenvalue weighted by atomic mass is 9.98. The van der Waals surface area contributed by atoms with Gasteiger partial charge < -0.3 is 30.5 Å². The Bertz CT molecular complexity index is 1430.